The van der Waals surface area contributed by atoms with Crippen LogP contribution >= 0.6 is 11.3 Å². The lowest BCUT2D eigenvalue weighted by Gasteiger charge is -2.27. The number of fused-ring (bicyclic) bond motifs is 1. The predicted molar refractivity (Wildman–Crippen MR) is 96.6 cm³/mol. The molecule has 1 aliphatic heterocycles. The molecule has 1 unspecified atom stereocenters. The zero-order chi connectivity index (χ0) is 16.5. The van der Waals surface area contributed by atoms with Crippen molar-refractivity contribution in [2.24, 2.45) is 0 Å². The molecule has 0 radical (unpaired) electrons. The van der Waals surface area contributed by atoms with Crippen molar-refractivity contribution in [3.63, 3.8) is 0 Å². The highest BCUT2D eigenvalue weighted by Gasteiger charge is 2.30. The second-order valence-corrected chi connectivity index (χ2v) is 6.39. The first-order valence-electron chi connectivity index (χ1n) is 7.65. The Morgan fingerprint density at radius 2 is 1.75 bits per heavy atom. The number of hydrogen-bond acceptors (Lipinski definition) is 4. The minimum Gasteiger partial charge on any atom is -0.496 e. The summed E-state index contributed by atoms with van der Waals surface area (Å²) in [4.78, 5) is 12.7. The molecule has 2 N–H and O–H groups in total. The number of methoxy groups -OCH3 is 1. The van der Waals surface area contributed by atoms with Gasteiger partial charge in [-0.05, 0) is 11.6 Å². The Morgan fingerprint density at radius 3 is 2.54 bits per heavy atom. The molecule has 5 heteroatoms. The van der Waals surface area contributed by atoms with E-state index in [0.717, 1.165) is 27.4 Å². The van der Waals surface area contributed by atoms with E-state index in [2.05, 4.69) is 10.6 Å². The second kappa shape index (κ2) is 6.02. The number of benzene rings is 2. The highest BCUT2D eigenvalue weighted by atomic mass is 32.1. The average Bonchev–Trinajstić information content (AvgIpc) is 3.07. The fraction of sp³-hybridized carbons (Fsp3) is 0.105. The van der Waals surface area contributed by atoms with Crippen molar-refractivity contribution in [2.75, 3.05) is 12.4 Å². The number of amides is 1. The Labute approximate surface area is 144 Å². The number of hydrogen-bond donors (Lipinski definition) is 2. The van der Waals surface area contributed by atoms with Crippen molar-refractivity contribution in [3.8, 4) is 16.9 Å². The second-order valence-electron chi connectivity index (χ2n) is 5.51. The molecule has 0 saturated carbocycles. The first kappa shape index (κ1) is 14.8. The first-order chi connectivity index (χ1) is 11.8. The van der Waals surface area contributed by atoms with Crippen molar-refractivity contribution in [2.45, 2.75) is 6.17 Å². The van der Waals surface area contributed by atoms with Crippen LogP contribution in [-0.4, -0.2) is 13.0 Å². The SMILES string of the molecule is COc1ccccc1C1NC(=O)c2c(-c3ccccc3)csc2N1. The Hall–Kier alpha value is -2.79. The number of thiophene rings is 1. The standard InChI is InChI=1S/C19H16N2O2S/c1-23-15-10-6-5-9-13(15)17-20-18(22)16-14(11-24-19(16)21-17)12-7-3-2-4-8-12/h2-11,17,21H,1H3,(H,20,22). The van der Waals surface area contributed by atoms with Crippen LogP contribution < -0.4 is 15.4 Å². The molecule has 4 nitrogen and oxygen atoms in total. The van der Waals surface area contributed by atoms with E-state index in [9.17, 15) is 4.79 Å². The van der Waals surface area contributed by atoms with E-state index in [1.54, 1.807) is 18.4 Å². The van der Waals surface area contributed by atoms with Gasteiger partial charge in [-0.25, -0.2) is 0 Å². The molecule has 2 heterocycles. The van der Waals surface area contributed by atoms with Gasteiger partial charge >= 0.3 is 0 Å². The maximum Gasteiger partial charge on any atom is 0.256 e. The number of rotatable bonds is 3. The molecule has 120 valence electrons. The van der Waals surface area contributed by atoms with Crippen LogP contribution in [0.25, 0.3) is 11.1 Å². The molecule has 4 rings (SSSR count). The van der Waals surface area contributed by atoms with Gasteiger partial charge in [0.2, 0.25) is 0 Å². The summed E-state index contributed by atoms with van der Waals surface area (Å²) in [6, 6.07) is 17.6. The predicted octanol–water partition coefficient (Wildman–Crippen LogP) is 4.28. The number of carbonyl (C=O) groups excluding carboxylic acids is 1. The van der Waals surface area contributed by atoms with Crippen molar-refractivity contribution in [1.29, 1.82) is 0 Å². The average molecular weight is 336 g/mol. The maximum atomic E-state index is 12.7. The van der Waals surface area contributed by atoms with Gasteiger partial charge in [-0.1, -0.05) is 48.5 Å². The molecule has 0 fully saturated rings. The molecule has 1 aromatic heterocycles. The third-order valence-electron chi connectivity index (χ3n) is 4.10. The van der Waals surface area contributed by atoms with Gasteiger partial charge in [0.25, 0.3) is 5.91 Å². The Bertz CT molecular complexity index is 889. The zero-order valence-corrected chi connectivity index (χ0v) is 13.9. The van der Waals surface area contributed by atoms with Gasteiger partial charge in [-0.3, -0.25) is 4.79 Å². The lowest BCUT2D eigenvalue weighted by molar-refractivity contribution is 0.0936. The third kappa shape index (κ3) is 2.43. The lowest BCUT2D eigenvalue weighted by Crippen LogP contribution is -2.38. The highest BCUT2D eigenvalue weighted by molar-refractivity contribution is 7.15. The van der Waals surface area contributed by atoms with Crippen LogP contribution in [0, 0.1) is 0 Å². The van der Waals surface area contributed by atoms with Gasteiger partial charge < -0.3 is 15.4 Å². The third-order valence-corrected chi connectivity index (χ3v) is 5.01. The minimum atomic E-state index is -0.302. The van der Waals surface area contributed by atoms with Gasteiger partial charge in [-0.15, -0.1) is 11.3 Å². The molecule has 0 bridgehead atoms. The van der Waals surface area contributed by atoms with Gasteiger partial charge in [-0.2, -0.15) is 0 Å². The lowest BCUT2D eigenvalue weighted by atomic mass is 10.0. The molecular formula is C19H16N2O2S. The van der Waals surface area contributed by atoms with Crippen LogP contribution in [0.1, 0.15) is 22.1 Å². The largest absolute Gasteiger partial charge is 0.496 e. The fourth-order valence-corrected chi connectivity index (χ4v) is 3.95. The van der Waals surface area contributed by atoms with E-state index in [1.165, 1.54) is 0 Å². The summed E-state index contributed by atoms with van der Waals surface area (Å²) in [5.74, 6) is 0.679. The Morgan fingerprint density at radius 1 is 1.00 bits per heavy atom. The summed E-state index contributed by atoms with van der Waals surface area (Å²) < 4.78 is 5.41. The zero-order valence-electron chi connectivity index (χ0n) is 13.1. The van der Waals surface area contributed by atoms with Crippen molar-refractivity contribution in [3.05, 3.63) is 71.1 Å². The Balaban J connectivity index is 1.72. The van der Waals surface area contributed by atoms with Crippen LogP contribution in [-0.2, 0) is 0 Å². The molecule has 0 saturated heterocycles. The molecular weight excluding hydrogens is 320 g/mol. The number of carbonyl (C=O) groups is 1. The molecule has 2 aromatic carbocycles. The van der Waals surface area contributed by atoms with Gasteiger partial charge in [0.05, 0.1) is 12.7 Å². The normalized spacial score (nSPS) is 16.0. The Kier molecular flexibility index (Phi) is 3.70. The number of para-hydroxylation sites is 1. The first-order valence-corrected chi connectivity index (χ1v) is 8.53. The van der Waals surface area contributed by atoms with Crippen molar-refractivity contribution < 1.29 is 9.53 Å². The summed E-state index contributed by atoms with van der Waals surface area (Å²) in [6.07, 6.45) is -0.302. The molecule has 24 heavy (non-hydrogen) atoms. The van der Waals surface area contributed by atoms with Crippen LogP contribution in [0.4, 0.5) is 5.00 Å². The fourth-order valence-electron chi connectivity index (χ4n) is 2.95. The van der Waals surface area contributed by atoms with E-state index in [0.29, 0.717) is 5.56 Å². The molecule has 1 aliphatic rings. The summed E-state index contributed by atoms with van der Waals surface area (Å²) in [7, 11) is 1.63. The monoisotopic (exact) mass is 336 g/mol. The summed E-state index contributed by atoms with van der Waals surface area (Å²) in [5, 5.41) is 9.36. The number of nitrogens with one attached hydrogen (secondary N) is 2. The summed E-state index contributed by atoms with van der Waals surface area (Å²) in [6.45, 7) is 0. The van der Waals surface area contributed by atoms with E-state index < -0.39 is 0 Å². The van der Waals surface area contributed by atoms with Crippen molar-refractivity contribution >= 4 is 22.2 Å². The van der Waals surface area contributed by atoms with E-state index in [-0.39, 0.29) is 12.1 Å². The number of ether oxygens (including phenoxy) is 1. The molecule has 0 aliphatic carbocycles. The minimum absolute atomic E-state index is 0.0697. The topological polar surface area (TPSA) is 50.4 Å². The summed E-state index contributed by atoms with van der Waals surface area (Å²) >= 11 is 1.55. The van der Waals surface area contributed by atoms with Crippen molar-refractivity contribution in [1.82, 2.24) is 5.32 Å². The van der Waals surface area contributed by atoms with Gasteiger partial charge in [0, 0.05) is 16.5 Å². The summed E-state index contributed by atoms with van der Waals surface area (Å²) in [5.41, 5.74) is 3.62. The van der Waals surface area contributed by atoms with Crippen LogP contribution in [0.5, 0.6) is 5.75 Å². The smallest absolute Gasteiger partial charge is 0.256 e. The molecule has 3 aromatic rings. The number of anilines is 1. The van der Waals surface area contributed by atoms with E-state index in [4.69, 9.17) is 4.74 Å². The quantitative estimate of drug-likeness (QED) is 0.751. The van der Waals surface area contributed by atoms with Gasteiger partial charge in [0.1, 0.15) is 16.9 Å². The van der Waals surface area contributed by atoms with E-state index in [1.807, 2.05) is 60.0 Å². The molecule has 1 atom stereocenters. The van der Waals surface area contributed by atoms with Crippen LogP contribution in [0.15, 0.2) is 60.0 Å². The maximum absolute atomic E-state index is 12.7. The van der Waals surface area contributed by atoms with Crippen LogP contribution in [0.3, 0.4) is 0 Å². The highest BCUT2D eigenvalue weighted by Crippen LogP contribution is 2.40. The van der Waals surface area contributed by atoms with Crippen LogP contribution in [0.2, 0.25) is 0 Å². The van der Waals surface area contributed by atoms with E-state index >= 15 is 0 Å². The molecule has 0 spiro atoms. The van der Waals surface area contributed by atoms with Gasteiger partial charge in [0.15, 0.2) is 0 Å². The molecule has 1 amide bonds.